The van der Waals surface area contributed by atoms with Crippen LogP contribution in [0.15, 0.2) is 122 Å². The summed E-state index contributed by atoms with van der Waals surface area (Å²) < 4.78 is 11.3. The topological polar surface area (TPSA) is 149 Å². The molecule has 1 heterocycles. The van der Waals surface area contributed by atoms with Crippen molar-refractivity contribution < 1.29 is 39.8 Å². The Kier molecular flexibility index (Phi) is 56.7. The normalized spacial score (nSPS) is 19.1. The third-order valence-electron chi connectivity index (χ3n) is 15.3. The van der Waals surface area contributed by atoms with Crippen LogP contribution in [0.25, 0.3) is 0 Å². The molecule has 0 aliphatic carbocycles. The average molecular weight is 1140 g/mol. The number of nitrogens with one attached hydrogen (secondary N) is 1. The molecular formula is C73H125NO8. The lowest BCUT2D eigenvalue weighted by Gasteiger charge is -2.40. The third-order valence-corrected chi connectivity index (χ3v) is 15.3. The largest absolute Gasteiger partial charge is 0.394 e. The smallest absolute Gasteiger partial charge is 0.220 e. The second-order valence-electron chi connectivity index (χ2n) is 22.9. The molecule has 9 nitrogen and oxygen atoms in total. The van der Waals surface area contributed by atoms with Gasteiger partial charge in [-0.2, -0.15) is 0 Å². The zero-order chi connectivity index (χ0) is 59.3. The fourth-order valence-corrected chi connectivity index (χ4v) is 10.1. The van der Waals surface area contributed by atoms with Gasteiger partial charge in [-0.3, -0.25) is 4.79 Å². The Hall–Kier alpha value is -3.41. The van der Waals surface area contributed by atoms with Crippen molar-refractivity contribution in [2.24, 2.45) is 0 Å². The van der Waals surface area contributed by atoms with Crippen LogP contribution >= 0.6 is 0 Å². The van der Waals surface area contributed by atoms with Crippen molar-refractivity contribution in [2.45, 2.75) is 320 Å². The van der Waals surface area contributed by atoms with E-state index in [0.29, 0.717) is 12.8 Å². The SMILES string of the molecule is CC/C=C\C/C=C\C/C=C\C/C=C\C/C=C\C/C=C\C/C=C\C/C=C\C/C=C\C/C=C\CCCCCCC(=O)NC(COC1OC(CO)C(O)C(O)C1O)C(O)CCCCCCCCCCCCCCCCCCCCCCCCCC. The van der Waals surface area contributed by atoms with Gasteiger partial charge in [-0.05, 0) is 89.9 Å². The first-order chi connectivity index (χ1) is 40.3. The Bertz CT molecular complexity index is 1710. The monoisotopic (exact) mass is 1140 g/mol. The minimum Gasteiger partial charge on any atom is -0.394 e. The van der Waals surface area contributed by atoms with Gasteiger partial charge in [-0.1, -0.05) is 302 Å². The average Bonchev–Trinajstić information content (AvgIpc) is 3.52. The molecule has 0 aromatic rings. The molecule has 0 radical (unpaired) electrons. The van der Waals surface area contributed by atoms with Crippen LogP contribution in [0, 0.1) is 0 Å². The predicted octanol–water partition coefficient (Wildman–Crippen LogP) is 18.2. The van der Waals surface area contributed by atoms with E-state index in [2.05, 4.69) is 141 Å². The number of ether oxygens (including phenoxy) is 2. The van der Waals surface area contributed by atoms with Gasteiger partial charge in [0.1, 0.15) is 24.4 Å². The lowest BCUT2D eigenvalue weighted by atomic mass is 9.99. The molecular weight excluding hydrogens is 1020 g/mol. The molecule has 1 aliphatic rings. The molecule has 7 atom stereocenters. The zero-order valence-electron chi connectivity index (χ0n) is 52.5. The van der Waals surface area contributed by atoms with Crippen molar-refractivity contribution in [2.75, 3.05) is 13.2 Å². The summed E-state index contributed by atoms with van der Waals surface area (Å²) in [5.41, 5.74) is 0. The molecule has 470 valence electrons. The van der Waals surface area contributed by atoms with E-state index in [0.717, 1.165) is 116 Å². The summed E-state index contributed by atoms with van der Waals surface area (Å²) in [4.78, 5) is 13.1. The van der Waals surface area contributed by atoms with Crippen molar-refractivity contribution >= 4 is 5.91 Å². The minimum absolute atomic E-state index is 0.155. The van der Waals surface area contributed by atoms with Crippen LogP contribution in [0.5, 0.6) is 0 Å². The fourth-order valence-electron chi connectivity index (χ4n) is 10.1. The quantitative estimate of drug-likeness (QED) is 0.0261. The number of amides is 1. The Balaban J connectivity index is 2.20. The van der Waals surface area contributed by atoms with Gasteiger partial charge in [0, 0.05) is 6.42 Å². The zero-order valence-corrected chi connectivity index (χ0v) is 52.5. The highest BCUT2D eigenvalue weighted by Gasteiger charge is 2.44. The molecule has 6 N–H and O–H groups in total. The first-order valence-electron chi connectivity index (χ1n) is 33.7. The Morgan fingerprint density at radius 2 is 0.756 bits per heavy atom. The van der Waals surface area contributed by atoms with E-state index in [4.69, 9.17) is 9.47 Å². The van der Waals surface area contributed by atoms with Crippen LogP contribution < -0.4 is 5.32 Å². The van der Waals surface area contributed by atoms with Crippen LogP contribution in [0.3, 0.4) is 0 Å². The highest BCUT2D eigenvalue weighted by Crippen LogP contribution is 2.23. The van der Waals surface area contributed by atoms with E-state index in [1.807, 2.05) is 0 Å². The Morgan fingerprint density at radius 3 is 1.12 bits per heavy atom. The Labute approximate surface area is 503 Å². The van der Waals surface area contributed by atoms with Crippen molar-refractivity contribution in [1.29, 1.82) is 0 Å². The molecule has 1 rings (SSSR count). The van der Waals surface area contributed by atoms with Crippen molar-refractivity contribution in [1.82, 2.24) is 5.32 Å². The molecule has 1 aliphatic heterocycles. The van der Waals surface area contributed by atoms with E-state index in [-0.39, 0.29) is 12.5 Å². The summed E-state index contributed by atoms with van der Waals surface area (Å²) in [6, 6.07) is -0.744. The van der Waals surface area contributed by atoms with Crippen LogP contribution in [0.2, 0.25) is 0 Å². The third kappa shape index (κ3) is 48.9. The van der Waals surface area contributed by atoms with Crippen molar-refractivity contribution in [3.05, 3.63) is 122 Å². The van der Waals surface area contributed by atoms with E-state index >= 15 is 0 Å². The highest BCUT2D eigenvalue weighted by atomic mass is 16.7. The molecule has 1 amide bonds. The number of aliphatic hydroxyl groups excluding tert-OH is 5. The van der Waals surface area contributed by atoms with Gasteiger partial charge in [-0.15, -0.1) is 0 Å². The molecule has 0 aromatic carbocycles. The summed E-state index contributed by atoms with van der Waals surface area (Å²) in [6.45, 7) is 3.73. The molecule has 0 aromatic heterocycles. The predicted molar refractivity (Wildman–Crippen MR) is 350 cm³/mol. The van der Waals surface area contributed by atoms with E-state index < -0.39 is 49.5 Å². The van der Waals surface area contributed by atoms with Crippen molar-refractivity contribution in [3.8, 4) is 0 Å². The summed E-state index contributed by atoms with van der Waals surface area (Å²) in [6.07, 6.45) is 83.8. The van der Waals surface area contributed by atoms with E-state index in [9.17, 15) is 30.3 Å². The second-order valence-corrected chi connectivity index (χ2v) is 22.9. The molecule has 0 bridgehead atoms. The van der Waals surface area contributed by atoms with Gasteiger partial charge in [0.25, 0.3) is 0 Å². The van der Waals surface area contributed by atoms with Gasteiger partial charge < -0.3 is 40.3 Å². The Morgan fingerprint density at radius 1 is 0.427 bits per heavy atom. The fraction of sp³-hybridized carbons (Fsp3) is 0.712. The first kappa shape index (κ1) is 76.6. The second kappa shape index (κ2) is 60.7. The van der Waals surface area contributed by atoms with E-state index in [1.54, 1.807) is 0 Å². The van der Waals surface area contributed by atoms with Gasteiger partial charge in [0.2, 0.25) is 5.91 Å². The highest BCUT2D eigenvalue weighted by molar-refractivity contribution is 5.76. The number of carbonyl (C=O) groups is 1. The first-order valence-corrected chi connectivity index (χ1v) is 33.7. The van der Waals surface area contributed by atoms with Crippen molar-refractivity contribution in [3.63, 3.8) is 0 Å². The number of aliphatic hydroxyl groups is 5. The standard InChI is InChI=1S/C73H125NO8/c1-3-5-7-9-11-13-15-17-19-21-23-25-27-29-30-31-32-33-34-35-36-37-38-39-41-43-45-47-49-51-53-55-57-59-61-63-69(77)74-66(65-81-73-72(80)71(79)70(78)68(64-75)82-73)67(76)62-60-58-56-54-52-50-48-46-44-42-40-28-26-24-22-20-18-16-14-12-10-8-6-4-2/h5,7,11,13,17,19,23,25,29-30,32-33,35-36,38-39,43,45,49,51,66-68,70-73,75-76,78-80H,3-4,6,8-10,12,14-16,18,20-22,24,26-28,31,34,37,40-42,44,46-48,50,52-65H2,1-2H3,(H,74,77)/b7-5-,13-11-,19-17-,25-23-,30-29-,33-32-,36-35-,39-38-,45-43-,51-49-. The van der Waals surface area contributed by atoms with Gasteiger partial charge in [0.05, 0.1) is 25.4 Å². The maximum absolute atomic E-state index is 13.1. The van der Waals surface area contributed by atoms with Gasteiger partial charge in [0.15, 0.2) is 6.29 Å². The number of carbonyl (C=O) groups excluding carboxylic acids is 1. The maximum atomic E-state index is 13.1. The van der Waals surface area contributed by atoms with Gasteiger partial charge in [-0.25, -0.2) is 0 Å². The summed E-state index contributed by atoms with van der Waals surface area (Å²) in [5, 5.41) is 54.9. The number of hydrogen-bond donors (Lipinski definition) is 6. The summed E-state index contributed by atoms with van der Waals surface area (Å²) in [7, 11) is 0. The number of unbranched alkanes of at least 4 members (excludes halogenated alkanes) is 27. The molecule has 1 saturated heterocycles. The number of hydrogen-bond acceptors (Lipinski definition) is 8. The van der Waals surface area contributed by atoms with Crippen LogP contribution in [0.4, 0.5) is 0 Å². The van der Waals surface area contributed by atoms with Crippen LogP contribution in [-0.4, -0.2) is 87.5 Å². The summed E-state index contributed by atoms with van der Waals surface area (Å²) in [5.74, 6) is -0.170. The number of allylic oxidation sites excluding steroid dienone is 20. The van der Waals surface area contributed by atoms with Crippen LogP contribution in [-0.2, 0) is 14.3 Å². The molecule has 7 unspecified atom stereocenters. The molecule has 82 heavy (non-hydrogen) atoms. The summed E-state index contributed by atoms with van der Waals surface area (Å²) >= 11 is 0. The van der Waals surface area contributed by atoms with Gasteiger partial charge >= 0.3 is 0 Å². The lowest BCUT2D eigenvalue weighted by Crippen LogP contribution is -2.60. The molecule has 0 spiro atoms. The minimum atomic E-state index is -1.57. The molecule has 9 heteroatoms. The molecule has 1 fully saturated rings. The number of rotatable bonds is 57. The maximum Gasteiger partial charge on any atom is 0.220 e. The van der Waals surface area contributed by atoms with E-state index in [1.165, 1.54) is 135 Å². The molecule has 0 saturated carbocycles. The van der Waals surface area contributed by atoms with Crippen LogP contribution in [0.1, 0.15) is 277 Å². The lowest BCUT2D eigenvalue weighted by molar-refractivity contribution is -0.302.